The van der Waals surface area contributed by atoms with Gasteiger partial charge >= 0.3 is 0 Å². The third kappa shape index (κ3) is 5.19. The van der Waals surface area contributed by atoms with Gasteiger partial charge in [-0.2, -0.15) is 5.26 Å². The highest BCUT2D eigenvalue weighted by atomic mass is 19.3. The topological polar surface area (TPSA) is 91.1 Å². The first-order valence-corrected chi connectivity index (χ1v) is 11.5. The number of fused-ring (bicyclic) bond motifs is 1. The van der Waals surface area contributed by atoms with Gasteiger partial charge in [-0.3, -0.25) is 19.4 Å². The van der Waals surface area contributed by atoms with Gasteiger partial charge in [0.15, 0.2) is 11.6 Å². The third-order valence-corrected chi connectivity index (χ3v) is 6.53. The summed E-state index contributed by atoms with van der Waals surface area (Å²) in [6.07, 6.45) is 5.96. The molecule has 0 radical (unpaired) electrons. The third-order valence-electron chi connectivity index (χ3n) is 6.53. The number of halogens is 2. The van der Waals surface area contributed by atoms with E-state index in [1.165, 1.54) is 29.6 Å². The monoisotopic (exact) mass is 465 g/mol. The Morgan fingerprint density at radius 1 is 1.09 bits per heavy atom. The standard InChI is InChI=1S/C26H25F2N3O3/c27-26(28)13-21(14-29)31(16-26)25(34)8-7-23(32)22-9-10-30-15-20(22)12-24(33)19-6-5-17-3-1-2-4-18(17)11-19/h5-6,9-11,15,21H,1-4,7-8,12-13,16H2/t21-/m0/s1. The molecule has 34 heavy (non-hydrogen) atoms. The SMILES string of the molecule is N#C[C@@H]1CC(F)(F)CN1C(=O)CCC(=O)c1ccncc1CC(=O)c1ccc2c(c1)CCCC2. The molecule has 1 saturated heterocycles. The summed E-state index contributed by atoms with van der Waals surface area (Å²) in [6, 6.07) is 7.80. The summed E-state index contributed by atoms with van der Waals surface area (Å²) >= 11 is 0. The van der Waals surface area contributed by atoms with Crippen LogP contribution in [0, 0.1) is 11.3 Å². The number of carbonyl (C=O) groups excluding carboxylic acids is 3. The quantitative estimate of drug-likeness (QED) is 0.574. The molecule has 1 aromatic carbocycles. The zero-order chi connectivity index (χ0) is 24.3. The Balaban J connectivity index is 1.42. The van der Waals surface area contributed by atoms with Gasteiger partial charge in [-0.1, -0.05) is 12.1 Å². The summed E-state index contributed by atoms with van der Waals surface area (Å²) in [7, 11) is 0. The Bertz CT molecular complexity index is 1170. The number of rotatable bonds is 7. The number of hydrogen-bond donors (Lipinski definition) is 0. The molecule has 2 heterocycles. The fourth-order valence-corrected chi connectivity index (χ4v) is 4.72. The molecule has 176 valence electrons. The van der Waals surface area contributed by atoms with E-state index in [-0.39, 0.29) is 36.4 Å². The Hall–Kier alpha value is -3.47. The Morgan fingerprint density at radius 3 is 2.62 bits per heavy atom. The van der Waals surface area contributed by atoms with E-state index in [1.807, 2.05) is 18.2 Å². The van der Waals surface area contributed by atoms with Gasteiger partial charge < -0.3 is 4.90 Å². The molecule has 0 unspecified atom stereocenters. The van der Waals surface area contributed by atoms with E-state index in [0.29, 0.717) is 11.1 Å². The van der Waals surface area contributed by atoms with Crippen molar-refractivity contribution in [1.82, 2.24) is 9.88 Å². The van der Waals surface area contributed by atoms with Gasteiger partial charge in [0, 0.05) is 49.2 Å². The van der Waals surface area contributed by atoms with E-state index >= 15 is 0 Å². The van der Waals surface area contributed by atoms with Crippen LogP contribution in [0.25, 0.3) is 0 Å². The van der Waals surface area contributed by atoms with Gasteiger partial charge in [-0.15, -0.1) is 0 Å². The van der Waals surface area contributed by atoms with Crippen molar-refractivity contribution < 1.29 is 23.2 Å². The summed E-state index contributed by atoms with van der Waals surface area (Å²) in [5.74, 6) is -4.25. The van der Waals surface area contributed by atoms with Crippen LogP contribution >= 0.6 is 0 Å². The minimum absolute atomic E-state index is 0.00347. The molecule has 4 rings (SSSR count). The van der Waals surface area contributed by atoms with Crippen molar-refractivity contribution in [3.05, 3.63) is 64.5 Å². The van der Waals surface area contributed by atoms with Gasteiger partial charge in [0.2, 0.25) is 5.91 Å². The fraction of sp³-hybridized carbons (Fsp3) is 0.423. The molecule has 0 N–H and O–H groups in total. The molecule has 1 amide bonds. The number of aryl methyl sites for hydroxylation is 2. The number of ketones is 2. The second kappa shape index (κ2) is 9.80. The minimum atomic E-state index is -3.10. The highest BCUT2D eigenvalue weighted by Crippen LogP contribution is 2.32. The van der Waals surface area contributed by atoms with E-state index in [9.17, 15) is 23.2 Å². The predicted octanol–water partition coefficient (Wildman–Crippen LogP) is 4.11. The molecular formula is C26H25F2N3O3. The molecule has 8 heteroatoms. The van der Waals surface area contributed by atoms with Crippen LogP contribution in [0.2, 0.25) is 0 Å². The maximum absolute atomic E-state index is 13.6. The van der Waals surface area contributed by atoms with E-state index in [4.69, 9.17) is 5.26 Å². The molecule has 1 aliphatic heterocycles. The highest BCUT2D eigenvalue weighted by molar-refractivity contribution is 6.02. The van der Waals surface area contributed by atoms with E-state index in [0.717, 1.165) is 30.6 Å². The zero-order valence-electron chi connectivity index (χ0n) is 18.7. The van der Waals surface area contributed by atoms with Gasteiger partial charge in [-0.05, 0) is 54.5 Å². The largest absolute Gasteiger partial charge is 0.320 e. The number of aromatic nitrogens is 1. The van der Waals surface area contributed by atoms with Crippen molar-refractivity contribution in [2.45, 2.75) is 63.3 Å². The Morgan fingerprint density at radius 2 is 1.85 bits per heavy atom. The average Bonchev–Trinajstić information content (AvgIpc) is 3.17. The summed E-state index contributed by atoms with van der Waals surface area (Å²) < 4.78 is 27.2. The van der Waals surface area contributed by atoms with Crippen molar-refractivity contribution in [2.24, 2.45) is 0 Å². The van der Waals surface area contributed by atoms with Crippen LogP contribution in [0.1, 0.15) is 69.5 Å². The van der Waals surface area contributed by atoms with Gasteiger partial charge in [-0.25, -0.2) is 8.78 Å². The van der Waals surface area contributed by atoms with Gasteiger partial charge in [0.05, 0.1) is 12.6 Å². The van der Waals surface area contributed by atoms with E-state index in [1.54, 1.807) is 6.07 Å². The smallest absolute Gasteiger partial charge is 0.268 e. The minimum Gasteiger partial charge on any atom is -0.320 e. The highest BCUT2D eigenvalue weighted by Gasteiger charge is 2.47. The zero-order valence-corrected chi connectivity index (χ0v) is 18.7. The van der Waals surface area contributed by atoms with Crippen LogP contribution in [0.4, 0.5) is 8.78 Å². The summed E-state index contributed by atoms with van der Waals surface area (Å²) in [6.45, 7) is -0.811. The maximum Gasteiger partial charge on any atom is 0.268 e. The summed E-state index contributed by atoms with van der Waals surface area (Å²) in [5, 5.41) is 9.07. The number of benzene rings is 1. The van der Waals surface area contributed by atoms with E-state index < -0.39 is 30.8 Å². The number of nitrogens with zero attached hydrogens (tertiary/aromatic N) is 3. The number of alkyl halides is 2. The first kappa shape index (κ1) is 23.7. The summed E-state index contributed by atoms with van der Waals surface area (Å²) in [4.78, 5) is 43.1. The van der Waals surface area contributed by atoms with Gasteiger partial charge in [0.25, 0.3) is 5.92 Å². The Kier molecular flexibility index (Phi) is 6.82. The lowest BCUT2D eigenvalue weighted by atomic mass is 9.89. The second-order valence-electron chi connectivity index (χ2n) is 8.97. The first-order chi connectivity index (χ1) is 16.3. The predicted molar refractivity (Wildman–Crippen MR) is 120 cm³/mol. The Labute approximate surface area is 196 Å². The number of hydrogen-bond acceptors (Lipinski definition) is 5. The lowest BCUT2D eigenvalue weighted by molar-refractivity contribution is -0.132. The van der Waals surface area contributed by atoms with Crippen molar-refractivity contribution in [2.75, 3.05) is 6.54 Å². The lowest BCUT2D eigenvalue weighted by Crippen LogP contribution is -2.36. The number of carbonyl (C=O) groups is 3. The molecular weight excluding hydrogens is 440 g/mol. The van der Waals surface area contributed by atoms with Crippen LogP contribution in [0.3, 0.4) is 0 Å². The number of Topliss-reactive ketones (excluding diaryl/α,β-unsaturated/α-hetero) is 2. The number of likely N-dealkylation sites (tertiary alicyclic amines) is 1. The first-order valence-electron chi connectivity index (χ1n) is 11.5. The summed E-state index contributed by atoms with van der Waals surface area (Å²) in [5.41, 5.74) is 3.82. The molecule has 2 aromatic rings. The molecule has 1 aliphatic carbocycles. The molecule has 0 spiro atoms. The number of amides is 1. The van der Waals surface area contributed by atoms with Crippen molar-refractivity contribution >= 4 is 17.5 Å². The van der Waals surface area contributed by atoms with Crippen molar-refractivity contribution in [3.8, 4) is 6.07 Å². The van der Waals surface area contributed by atoms with Crippen LogP contribution in [0.5, 0.6) is 0 Å². The van der Waals surface area contributed by atoms with E-state index in [2.05, 4.69) is 4.98 Å². The van der Waals surface area contributed by atoms with Crippen LogP contribution in [-0.4, -0.2) is 45.9 Å². The van der Waals surface area contributed by atoms with Crippen molar-refractivity contribution in [1.29, 1.82) is 5.26 Å². The fourth-order valence-electron chi connectivity index (χ4n) is 4.72. The van der Waals surface area contributed by atoms with Crippen LogP contribution < -0.4 is 0 Å². The number of pyridine rings is 1. The molecule has 1 aromatic heterocycles. The molecule has 1 fully saturated rings. The average molecular weight is 466 g/mol. The molecule has 6 nitrogen and oxygen atoms in total. The normalized spacial score (nSPS) is 18.7. The van der Waals surface area contributed by atoms with Gasteiger partial charge in [0.1, 0.15) is 6.04 Å². The van der Waals surface area contributed by atoms with Crippen LogP contribution in [0.15, 0.2) is 36.7 Å². The second-order valence-corrected chi connectivity index (χ2v) is 8.97. The molecule has 1 atom stereocenters. The molecule has 0 bridgehead atoms. The molecule has 0 saturated carbocycles. The lowest BCUT2D eigenvalue weighted by Gasteiger charge is -2.19. The molecule has 2 aliphatic rings. The van der Waals surface area contributed by atoms with Crippen LogP contribution in [-0.2, 0) is 24.1 Å². The number of nitriles is 1. The van der Waals surface area contributed by atoms with Crippen molar-refractivity contribution in [3.63, 3.8) is 0 Å². The maximum atomic E-state index is 13.6.